The van der Waals surface area contributed by atoms with Gasteiger partial charge < -0.3 is 10.3 Å². The monoisotopic (exact) mass is 630 g/mol. The predicted octanol–water partition coefficient (Wildman–Crippen LogP) is 5.69. The van der Waals surface area contributed by atoms with Crippen LogP contribution >= 0.6 is 0 Å². The summed E-state index contributed by atoms with van der Waals surface area (Å²) < 4.78 is 55.4. The lowest BCUT2D eigenvalue weighted by atomic mass is 10.0. The molecule has 4 N–H and O–H groups in total. The number of imidazole rings is 1. The number of fused-ring (bicyclic) bond motifs is 2. The van der Waals surface area contributed by atoms with Crippen molar-refractivity contribution in [2.45, 2.75) is 32.7 Å². The summed E-state index contributed by atoms with van der Waals surface area (Å²) in [7, 11) is -3.47. The number of aromatic nitrogens is 6. The molecule has 0 saturated carbocycles. The van der Waals surface area contributed by atoms with Crippen molar-refractivity contribution in [2.75, 3.05) is 11.6 Å². The topological polar surface area (TPSA) is 158 Å². The number of nitrogens with one attached hydrogen (secondary N) is 4. The first-order chi connectivity index (χ1) is 21.6. The van der Waals surface area contributed by atoms with Crippen LogP contribution in [0.1, 0.15) is 31.7 Å². The Hall–Kier alpha value is -5.08. The van der Waals surface area contributed by atoms with Crippen molar-refractivity contribution in [3.05, 3.63) is 78.3 Å². The lowest BCUT2D eigenvalue weighted by Gasteiger charge is -2.08. The Morgan fingerprint density at radius 1 is 1.02 bits per heavy atom. The van der Waals surface area contributed by atoms with Crippen LogP contribution in [0, 0.1) is 11.6 Å². The second-order valence-corrected chi connectivity index (χ2v) is 12.5. The molecule has 4 heterocycles. The van der Waals surface area contributed by atoms with Crippen LogP contribution in [0.25, 0.3) is 55.8 Å². The van der Waals surface area contributed by atoms with Gasteiger partial charge in [0.05, 0.1) is 23.7 Å². The molecule has 0 radical (unpaired) electrons. The Kier molecular flexibility index (Phi) is 8.08. The summed E-state index contributed by atoms with van der Waals surface area (Å²) in [5.74, 6) is -0.832. The number of hydrogen-bond acceptors (Lipinski definition) is 7. The molecule has 0 fully saturated rings. The van der Waals surface area contributed by atoms with E-state index >= 15 is 4.39 Å². The average Bonchev–Trinajstić information content (AvgIpc) is 3.61. The van der Waals surface area contributed by atoms with E-state index in [1.165, 1.54) is 30.6 Å². The van der Waals surface area contributed by atoms with Crippen LogP contribution in [0.5, 0.6) is 0 Å². The maximum atomic E-state index is 15.3. The number of hydrogen-bond donors (Lipinski definition) is 4. The quantitative estimate of drug-likeness (QED) is 0.151. The summed E-state index contributed by atoms with van der Waals surface area (Å²) >= 11 is 0. The van der Waals surface area contributed by atoms with E-state index in [9.17, 15) is 17.6 Å². The van der Waals surface area contributed by atoms with Gasteiger partial charge in [-0.25, -0.2) is 31.9 Å². The Balaban J connectivity index is 1.37. The van der Waals surface area contributed by atoms with Crippen molar-refractivity contribution in [1.82, 2.24) is 34.9 Å². The van der Waals surface area contributed by atoms with Crippen LogP contribution in [-0.4, -0.2) is 50.7 Å². The van der Waals surface area contributed by atoms with Gasteiger partial charge >= 0.3 is 0 Å². The third-order valence-electron chi connectivity index (χ3n) is 7.16. The number of unbranched alkanes of at least 4 members (excludes halogenated alkanes) is 1. The number of halogens is 2. The lowest BCUT2D eigenvalue weighted by Crippen LogP contribution is -2.21. The predicted molar refractivity (Wildman–Crippen MR) is 167 cm³/mol. The summed E-state index contributed by atoms with van der Waals surface area (Å²) in [5.41, 5.74) is 4.37. The van der Waals surface area contributed by atoms with E-state index < -0.39 is 21.7 Å². The molecule has 0 bridgehead atoms. The van der Waals surface area contributed by atoms with Gasteiger partial charge in [0.25, 0.3) is 0 Å². The van der Waals surface area contributed by atoms with Crippen molar-refractivity contribution >= 4 is 43.7 Å². The van der Waals surface area contributed by atoms with E-state index in [2.05, 4.69) is 35.2 Å². The first kappa shape index (κ1) is 30.0. The molecule has 0 atom stereocenters. The fourth-order valence-corrected chi connectivity index (χ4v) is 5.46. The number of carbonyl (C=O) groups is 1. The van der Waals surface area contributed by atoms with Gasteiger partial charge in [0, 0.05) is 53.5 Å². The lowest BCUT2D eigenvalue weighted by molar-refractivity contribution is -0.116. The van der Waals surface area contributed by atoms with Gasteiger partial charge in [-0.15, -0.1) is 0 Å². The Bertz CT molecular complexity index is 2180. The molecule has 4 aromatic heterocycles. The van der Waals surface area contributed by atoms with Crippen LogP contribution < -0.4 is 10.0 Å². The number of aromatic amines is 2. The molecule has 0 aliphatic heterocycles. The third kappa shape index (κ3) is 6.56. The molecule has 2 aromatic carbocycles. The Labute approximate surface area is 256 Å². The van der Waals surface area contributed by atoms with Crippen LogP contribution in [0.15, 0.2) is 61.1 Å². The number of H-pyrrole nitrogens is 2. The molecular weight excluding hydrogens is 602 g/mol. The van der Waals surface area contributed by atoms with Gasteiger partial charge in [-0.1, -0.05) is 13.3 Å². The summed E-state index contributed by atoms with van der Waals surface area (Å²) in [4.78, 5) is 28.7. The molecule has 45 heavy (non-hydrogen) atoms. The van der Waals surface area contributed by atoms with Gasteiger partial charge in [-0.2, -0.15) is 5.10 Å². The van der Waals surface area contributed by atoms with Crippen molar-refractivity contribution in [3.8, 4) is 33.8 Å². The summed E-state index contributed by atoms with van der Waals surface area (Å²) in [6.07, 6.45) is 7.65. The fraction of sp³-hybridized carbons (Fsp3) is 0.194. The molecule has 0 aliphatic rings. The molecule has 14 heteroatoms. The normalized spacial score (nSPS) is 11.8. The van der Waals surface area contributed by atoms with E-state index in [4.69, 9.17) is 4.98 Å². The molecule has 6 aromatic rings. The van der Waals surface area contributed by atoms with Crippen molar-refractivity contribution in [2.24, 2.45) is 0 Å². The van der Waals surface area contributed by atoms with Crippen molar-refractivity contribution in [1.29, 1.82) is 0 Å². The number of rotatable bonds is 10. The molecule has 0 saturated heterocycles. The summed E-state index contributed by atoms with van der Waals surface area (Å²) in [6.45, 7) is 1.93. The van der Waals surface area contributed by atoms with E-state index in [-0.39, 0.29) is 18.0 Å². The Morgan fingerprint density at radius 2 is 1.87 bits per heavy atom. The largest absolute Gasteiger partial charge is 0.325 e. The maximum Gasteiger partial charge on any atom is 0.224 e. The van der Waals surface area contributed by atoms with E-state index in [1.807, 2.05) is 6.92 Å². The van der Waals surface area contributed by atoms with Gasteiger partial charge in [0.15, 0.2) is 11.5 Å². The smallest absolute Gasteiger partial charge is 0.224 e. The molecule has 6 rings (SSSR count). The zero-order chi connectivity index (χ0) is 31.7. The van der Waals surface area contributed by atoms with Gasteiger partial charge in [-0.05, 0) is 53.9 Å². The van der Waals surface area contributed by atoms with Crippen molar-refractivity contribution < 1.29 is 22.0 Å². The minimum absolute atomic E-state index is 0.0779. The van der Waals surface area contributed by atoms with Crippen molar-refractivity contribution in [3.63, 3.8) is 0 Å². The number of carbonyl (C=O) groups excluding carboxylic acids is 1. The van der Waals surface area contributed by atoms with E-state index in [1.54, 1.807) is 30.5 Å². The number of anilines is 1. The maximum absolute atomic E-state index is 15.3. The van der Waals surface area contributed by atoms with Crippen LogP contribution in [-0.2, 0) is 21.4 Å². The number of amides is 1. The number of benzene rings is 2. The fourth-order valence-electron chi connectivity index (χ4n) is 5.03. The first-order valence-corrected chi connectivity index (χ1v) is 16.0. The standard InChI is InChI=1S/C31H28F2N8O3S/c1-3-4-5-27(42)37-21-11-19(15-34-16-21)23-12-24-26(13-25(23)33)40-41-29(24)31-38-28-22(6-7-35-30(28)39-31)18-8-17(9-20(32)10-18)14-36-45(2,43)44/h6-13,15-16,36H,3-5,14H2,1-2H3,(H,37,42)(H,40,41)(H,35,38,39). The van der Waals surface area contributed by atoms with Gasteiger partial charge in [0.1, 0.15) is 22.8 Å². The molecule has 11 nitrogen and oxygen atoms in total. The third-order valence-corrected chi connectivity index (χ3v) is 7.83. The highest BCUT2D eigenvalue weighted by Gasteiger charge is 2.19. The van der Waals surface area contributed by atoms with E-state index in [0.717, 1.165) is 19.1 Å². The van der Waals surface area contributed by atoms with Crippen LogP contribution in [0.2, 0.25) is 0 Å². The zero-order valence-corrected chi connectivity index (χ0v) is 25.1. The summed E-state index contributed by atoms with van der Waals surface area (Å²) in [5, 5.41) is 10.6. The average molecular weight is 631 g/mol. The number of pyridine rings is 2. The second-order valence-electron chi connectivity index (χ2n) is 10.6. The molecule has 1 amide bonds. The molecule has 0 spiro atoms. The molecule has 0 aliphatic carbocycles. The number of sulfonamides is 1. The van der Waals surface area contributed by atoms with Gasteiger partial charge in [0.2, 0.25) is 15.9 Å². The van der Waals surface area contributed by atoms with Gasteiger partial charge in [-0.3, -0.25) is 14.9 Å². The van der Waals surface area contributed by atoms with Crippen LogP contribution in [0.3, 0.4) is 0 Å². The first-order valence-electron chi connectivity index (χ1n) is 14.1. The zero-order valence-electron chi connectivity index (χ0n) is 24.3. The minimum atomic E-state index is -3.47. The highest BCUT2D eigenvalue weighted by atomic mass is 32.2. The molecular formula is C31H28F2N8O3S. The minimum Gasteiger partial charge on any atom is -0.325 e. The molecule has 230 valence electrons. The van der Waals surface area contributed by atoms with Crippen LogP contribution in [0.4, 0.5) is 14.5 Å². The highest BCUT2D eigenvalue weighted by Crippen LogP contribution is 2.34. The second kappa shape index (κ2) is 12.1. The SMILES string of the molecule is CCCCC(=O)Nc1cncc(-c2cc3c(-c4nc5c(-c6cc(F)cc(CNS(C)(=O)=O)c6)ccnc5[nH]4)n[nH]c3cc2F)c1. The highest BCUT2D eigenvalue weighted by molar-refractivity contribution is 7.88. The van der Waals surface area contributed by atoms with E-state index in [0.29, 0.717) is 67.9 Å². The number of nitrogens with zero attached hydrogens (tertiary/aromatic N) is 4. The summed E-state index contributed by atoms with van der Waals surface area (Å²) in [6, 6.07) is 10.6. The Morgan fingerprint density at radius 3 is 2.67 bits per heavy atom. The molecule has 0 unspecified atom stereocenters.